The molecule has 3 atom stereocenters. The Hall–Kier alpha value is 0. The van der Waals surface area contributed by atoms with Crippen molar-refractivity contribution in [1.82, 2.24) is 0 Å². The van der Waals surface area contributed by atoms with E-state index >= 15 is 0 Å². The summed E-state index contributed by atoms with van der Waals surface area (Å²) in [6.45, 7) is 21.6. The molecule has 0 aliphatic carbocycles. The first-order chi connectivity index (χ1) is 8.54. The zero-order valence-electron chi connectivity index (χ0n) is 15.2. The molecule has 0 aliphatic heterocycles. The summed E-state index contributed by atoms with van der Waals surface area (Å²) in [7, 11) is 0. The summed E-state index contributed by atoms with van der Waals surface area (Å²) in [6, 6.07) is 0. The van der Waals surface area contributed by atoms with E-state index in [1.165, 1.54) is 25.7 Å². The summed E-state index contributed by atoms with van der Waals surface area (Å²) >= 11 is 0. The third-order valence-electron chi connectivity index (χ3n) is 4.89. The van der Waals surface area contributed by atoms with E-state index in [9.17, 15) is 0 Å². The molecule has 0 aromatic heterocycles. The molecule has 0 aromatic rings. The summed E-state index contributed by atoms with van der Waals surface area (Å²) in [6.07, 6.45) is 5.60. The maximum atomic E-state index is 2.45. The van der Waals surface area contributed by atoms with Crippen molar-refractivity contribution in [1.29, 1.82) is 0 Å². The minimum absolute atomic E-state index is 0.460. The van der Waals surface area contributed by atoms with Gasteiger partial charge in [0.1, 0.15) is 0 Å². The second-order valence-electron chi connectivity index (χ2n) is 8.83. The van der Waals surface area contributed by atoms with E-state index < -0.39 is 0 Å². The first kappa shape index (κ1) is 19.0. The molecular formula is C19H40. The molecule has 0 amide bonds. The standard InChI is InChI=1S/C19H40/c1-14(2)12-16(5)13-18(19(7,8)9)11-10-17(6)15(3)4/h14-18H,10-13H2,1-9H3. The van der Waals surface area contributed by atoms with E-state index in [1.807, 2.05) is 0 Å². The SMILES string of the molecule is CC(C)CC(C)CC(CCC(C)C(C)C)C(C)(C)C. The first-order valence-corrected chi connectivity index (χ1v) is 8.54. The van der Waals surface area contributed by atoms with Gasteiger partial charge in [0.25, 0.3) is 0 Å². The van der Waals surface area contributed by atoms with Crippen molar-refractivity contribution >= 4 is 0 Å². The Balaban J connectivity index is 4.41. The van der Waals surface area contributed by atoms with E-state index in [0.29, 0.717) is 5.41 Å². The third kappa shape index (κ3) is 8.71. The predicted octanol–water partition coefficient (Wildman–Crippen LogP) is 6.79. The van der Waals surface area contributed by atoms with Crippen molar-refractivity contribution < 1.29 is 0 Å². The molecule has 0 saturated carbocycles. The van der Waals surface area contributed by atoms with E-state index in [4.69, 9.17) is 0 Å². The first-order valence-electron chi connectivity index (χ1n) is 8.54. The van der Waals surface area contributed by atoms with Crippen molar-refractivity contribution in [2.24, 2.45) is 35.0 Å². The van der Waals surface area contributed by atoms with Crippen LogP contribution >= 0.6 is 0 Å². The van der Waals surface area contributed by atoms with Crippen molar-refractivity contribution in [3.63, 3.8) is 0 Å². The maximum absolute atomic E-state index is 2.45. The Morgan fingerprint density at radius 2 is 1.26 bits per heavy atom. The zero-order chi connectivity index (χ0) is 15.2. The van der Waals surface area contributed by atoms with Crippen LogP contribution in [0.15, 0.2) is 0 Å². The van der Waals surface area contributed by atoms with Crippen molar-refractivity contribution in [2.45, 2.75) is 88.0 Å². The van der Waals surface area contributed by atoms with Gasteiger partial charge in [0.05, 0.1) is 0 Å². The van der Waals surface area contributed by atoms with Gasteiger partial charge in [0, 0.05) is 0 Å². The predicted molar refractivity (Wildman–Crippen MR) is 89.4 cm³/mol. The second-order valence-corrected chi connectivity index (χ2v) is 8.83. The Kier molecular flexibility index (Phi) is 8.32. The zero-order valence-corrected chi connectivity index (χ0v) is 15.2. The largest absolute Gasteiger partial charge is 0.0628 e. The van der Waals surface area contributed by atoms with E-state index in [2.05, 4.69) is 62.3 Å². The molecule has 0 N–H and O–H groups in total. The lowest BCUT2D eigenvalue weighted by Crippen LogP contribution is -2.24. The van der Waals surface area contributed by atoms with Gasteiger partial charge >= 0.3 is 0 Å². The smallest absolute Gasteiger partial charge is 0.0354 e. The van der Waals surface area contributed by atoms with Gasteiger partial charge in [-0.2, -0.15) is 0 Å². The van der Waals surface area contributed by atoms with Gasteiger partial charge in [-0.1, -0.05) is 68.7 Å². The van der Waals surface area contributed by atoms with E-state index in [0.717, 1.165) is 29.6 Å². The van der Waals surface area contributed by atoms with Crippen molar-refractivity contribution in [2.75, 3.05) is 0 Å². The van der Waals surface area contributed by atoms with Crippen molar-refractivity contribution in [3.05, 3.63) is 0 Å². The molecule has 0 rings (SSSR count). The fourth-order valence-corrected chi connectivity index (χ4v) is 3.09. The Morgan fingerprint density at radius 1 is 0.737 bits per heavy atom. The molecule has 0 aromatic carbocycles. The van der Waals surface area contributed by atoms with Gasteiger partial charge in [0.15, 0.2) is 0 Å². The monoisotopic (exact) mass is 268 g/mol. The molecule has 0 heterocycles. The quantitative estimate of drug-likeness (QED) is 0.454. The molecule has 3 unspecified atom stereocenters. The van der Waals surface area contributed by atoms with Gasteiger partial charge in [-0.3, -0.25) is 0 Å². The van der Waals surface area contributed by atoms with Crippen LogP contribution in [0.5, 0.6) is 0 Å². The van der Waals surface area contributed by atoms with Crippen LogP contribution in [0.2, 0.25) is 0 Å². The molecule has 19 heavy (non-hydrogen) atoms. The number of hydrogen-bond acceptors (Lipinski definition) is 0. The Labute approximate surface area is 123 Å². The lowest BCUT2D eigenvalue weighted by Gasteiger charge is -2.34. The average molecular weight is 269 g/mol. The minimum atomic E-state index is 0.460. The van der Waals surface area contributed by atoms with Crippen LogP contribution in [0, 0.1) is 35.0 Å². The second kappa shape index (κ2) is 8.32. The highest BCUT2D eigenvalue weighted by molar-refractivity contribution is 4.77. The van der Waals surface area contributed by atoms with Crippen LogP contribution < -0.4 is 0 Å². The highest BCUT2D eigenvalue weighted by Crippen LogP contribution is 2.37. The summed E-state index contributed by atoms with van der Waals surface area (Å²) in [5.74, 6) is 4.28. The average Bonchev–Trinajstić information content (AvgIpc) is 2.20. The number of hydrogen-bond donors (Lipinski definition) is 0. The fourth-order valence-electron chi connectivity index (χ4n) is 3.09. The van der Waals surface area contributed by atoms with Gasteiger partial charge in [-0.15, -0.1) is 0 Å². The molecule has 0 nitrogen and oxygen atoms in total. The lowest BCUT2D eigenvalue weighted by molar-refractivity contribution is 0.164. The molecular weight excluding hydrogens is 228 g/mol. The molecule has 0 bridgehead atoms. The molecule has 0 saturated heterocycles. The topological polar surface area (TPSA) is 0 Å². The van der Waals surface area contributed by atoms with Gasteiger partial charge in [0.2, 0.25) is 0 Å². The third-order valence-corrected chi connectivity index (χ3v) is 4.89. The van der Waals surface area contributed by atoms with Crippen LogP contribution in [0.4, 0.5) is 0 Å². The van der Waals surface area contributed by atoms with Crippen molar-refractivity contribution in [3.8, 4) is 0 Å². The van der Waals surface area contributed by atoms with Crippen LogP contribution in [-0.2, 0) is 0 Å². The molecule has 116 valence electrons. The van der Waals surface area contributed by atoms with Crippen LogP contribution in [0.1, 0.15) is 88.0 Å². The Morgan fingerprint density at radius 3 is 1.63 bits per heavy atom. The number of rotatable bonds is 8. The summed E-state index contributed by atoms with van der Waals surface area (Å²) in [4.78, 5) is 0. The van der Waals surface area contributed by atoms with Gasteiger partial charge in [-0.05, 0) is 54.3 Å². The van der Waals surface area contributed by atoms with E-state index in [1.54, 1.807) is 0 Å². The highest BCUT2D eigenvalue weighted by atomic mass is 14.3. The fraction of sp³-hybridized carbons (Fsp3) is 1.00. The molecule has 0 fully saturated rings. The summed E-state index contributed by atoms with van der Waals surface area (Å²) in [5, 5.41) is 0. The normalized spacial score (nSPS) is 17.8. The summed E-state index contributed by atoms with van der Waals surface area (Å²) < 4.78 is 0. The Bertz CT molecular complexity index is 219. The lowest BCUT2D eigenvalue weighted by atomic mass is 9.71. The maximum Gasteiger partial charge on any atom is -0.0354 e. The molecule has 0 spiro atoms. The molecule has 0 aliphatic rings. The van der Waals surface area contributed by atoms with Gasteiger partial charge < -0.3 is 0 Å². The van der Waals surface area contributed by atoms with E-state index in [-0.39, 0.29) is 0 Å². The van der Waals surface area contributed by atoms with Crippen LogP contribution in [0.25, 0.3) is 0 Å². The highest BCUT2D eigenvalue weighted by Gasteiger charge is 2.27. The van der Waals surface area contributed by atoms with Crippen LogP contribution in [0.3, 0.4) is 0 Å². The summed E-state index contributed by atoms with van der Waals surface area (Å²) in [5.41, 5.74) is 0.460. The minimum Gasteiger partial charge on any atom is -0.0628 e. The van der Waals surface area contributed by atoms with Crippen LogP contribution in [-0.4, -0.2) is 0 Å². The molecule has 0 heteroatoms. The molecule has 0 radical (unpaired) electrons. The van der Waals surface area contributed by atoms with Gasteiger partial charge in [-0.25, -0.2) is 0 Å².